The van der Waals surface area contributed by atoms with E-state index in [-0.39, 0.29) is 0 Å². The molecule has 1 aromatic heterocycles. The summed E-state index contributed by atoms with van der Waals surface area (Å²) >= 11 is 5.79. The van der Waals surface area contributed by atoms with Gasteiger partial charge in [0.25, 0.3) is 0 Å². The Morgan fingerprint density at radius 1 is 1.19 bits per heavy atom. The summed E-state index contributed by atoms with van der Waals surface area (Å²) in [5.74, 6) is 0. The van der Waals surface area contributed by atoms with Crippen molar-refractivity contribution in [3.63, 3.8) is 0 Å². The first-order chi connectivity index (χ1) is 7.83. The lowest BCUT2D eigenvalue weighted by Crippen LogP contribution is -2.01. The molecule has 1 heterocycles. The maximum Gasteiger partial charge on any atom is 0.131 e. The van der Waals surface area contributed by atoms with E-state index in [1.54, 1.807) is 6.20 Å². The van der Waals surface area contributed by atoms with Gasteiger partial charge in [-0.25, -0.2) is 4.98 Å². The Balaban J connectivity index is 2.03. The maximum absolute atomic E-state index is 5.79. The van der Waals surface area contributed by atoms with E-state index in [4.69, 9.17) is 11.6 Å². The quantitative estimate of drug-likeness (QED) is 0.534. The molecule has 0 radical (unpaired) electrons. The summed E-state index contributed by atoms with van der Waals surface area (Å²) in [7, 11) is 0. The number of unbranched alkanes of at least 4 members (excludes halogenated alkanes) is 5. The molecule has 0 spiro atoms. The molecule has 0 bridgehead atoms. The molecule has 0 atom stereocenters. The van der Waals surface area contributed by atoms with Gasteiger partial charge in [0.15, 0.2) is 0 Å². The number of halogens is 1. The average Bonchev–Trinajstić information content (AvgIpc) is 2.28. The Hall–Kier alpha value is -0.760. The molecule has 0 aliphatic carbocycles. The van der Waals surface area contributed by atoms with Crippen molar-refractivity contribution in [2.24, 2.45) is 0 Å². The molecule has 2 nitrogen and oxygen atoms in total. The van der Waals surface area contributed by atoms with Crippen molar-refractivity contribution in [3.8, 4) is 0 Å². The minimum atomic E-state index is 0.549. The van der Waals surface area contributed by atoms with E-state index in [2.05, 4.69) is 17.2 Å². The molecule has 1 aromatic rings. The molecule has 0 aromatic carbocycles. The second-order valence-electron chi connectivity index (χ2n) is 4.06. The predicted octanol–water partition coefficient (Wildman–Crippen LogP) is 4.51. The molecule has 90 valence electrons. The van der Waals surface area contributed by atoms with Crippen molar-refractivity contribution in [2.75, 3.05) is 11.9 Å². The lowest BCUT2D eigenvalue weighted by molar-refractivity contribution is 0.617. The number of anilines is 1. The molecule has 16 heavy (non-hydrogen) atoms. The number of nitrogens with zero attached hydrogens (tertiary/aromatic N) is 1. The topological polar surface area (TPSA) is 24.9 Å². The van der Waals surface area contributed by atoms with Gasteiger partial charge in [0.2, 0.25) is 0 Å². The molecule has 0 saturated carbocycles. The number of pyridine rings is 1. The van der Waals surface area contributed by atoms with E-state index < -0.39 is 0 Å². The normalized spacial score (nSPS) is 10.4. The van der Waals surface area contributed by atoms with Gasteiger partial charge in [0, 0.05) is 18.4 Å². The van der Waals surface area contributed by atoms with Crippen molar-refractivity contribution in [2.45, 2.75) is 45.4 Å². The zero-order chi connectivity index (χ0) is 11.6. The van der Waals surface area contributed by atoms with Gasteiger partial charge in [-0.2, -0.15) is 0 Å². The van der Waals surface area contributed by atoms with E-state index in [1.165, 1.54) is 38.5 Å². The van der Waals surface area contributed by atoms with Crippen LogP contribution in [-0.4, -0.2) is 11.5 Å². The highest BCUT2D eigenvalue weighted by atomic mass is 35.5. The molecule has 0 fully saturated rings. The largest absolute Gasteiger partial charge is 0.385 e. The molecule has 0 amide bonds. The van der Waals surface area contributed by atoms with Gasteiger partial charge in [-0.05, 0) is 18.6 Å². The number of nitrogens with one attached hydrogen (secondary N) is 1. The maximum atomic E-state index is 5.79. The van der Waals surface area contributed by atoms with Crippen LogP contribution in [0, 0.1) is 0 Å². The molecular weight excluding hydrogens is 220 g/mol. The van der Waals surface area contributed by atoms with Crippen LogP contribution in [0.25, 0.3) is 0 Å². The van der Waals surface area contributed by atoms with Crippen LogP contribution in [0.3, 0.4) is 0 Å². The summed E-state index contributed by atoms with van der Waals surface area (Å²) in [6.45, 7) is 3.27. The Kier molecular flexibility index (Phi) is 6.98. The number of hydrogen-bond donors (Lipinski definition) is 1. The van der Waals surface area contributed by atoms with Crippen LogP contribution >= 0.6 is 11.6 Å². The SMILES string of the molecule is CCCCCCCCNc1ccnc(Cl)c1. The minimum Gasteiger partial charge on any atom is -0.385 e. The fraction of sp³-hybridized carbons (Fsp3) is 0.615. The van der Waals surface area contributed by atoms with Gasteiger partial charge in [0.05, 0.1) is 0 Å². The van der Waals surface area contributed by atoms with E-state index in [9.17, 15) is 0 Å². The van der Waals surface area contributed by atoms with Crippen molar-refractivity contribution in [1.29, 1.82) is 0 Å². The van der Waals surface area contributed by atoms with Crippen molar-refractivity contribution < 1.29 is 0 Å². The number of aromatic nitrogens is 1. The van der Waals surface area contributed by atoms with E-state index in [0.717, 1.165) is 12.2 Å². The monoisotopic (exact) mass is 240 g/mol. The van der Waals surface area contributed by atoms with E-state index >= 15 is 0 Å². The third-order valence-corrected chi connectivity index (χ3v) is 2.79. The number of rotatable bonds is 8. The fourth-order valence-electron chi connectivity index (χ4n) is 1.65. The van der Waals surface area contributed by atoms with Gasteiger partial charge in [-0.3, -0.25) is 0 Å². The molecule has 0 aliphatic heterocycles. The molecular formula is C13H21ClN2. The molecule has 0 saturated heterocycles. The molecule has 1 rings (SSSR count). The molecule has 0 unspecified atom stereocenters. The summed E-state index contributed by atoms with van der Waals surface area (Å²) in [6, 6.07) is 3.81. The van der Waals surface area contributed by atoms with Crippen LogP contribution in [0.15, 0.2) is 18.3 Å². The van der Waals surface area contributed by atoms with Crippen LogP contribution in [0.4, 0.5) is 5.69 Å². The van der Waals surface area contributed by atoms with Gasteiger partial charge < -0.3 is 5.32 Å². The molecule has 0 aliphatic rings. The Morgan fingerprint density at radius 2 is 1.94 bits per heavy atom. The summed E-state index contributed by atoms with van der Waals surface area (Å²) < 4.78 is 0. The van der Waals surface area contributed by atoms with Crippen molar-refractivity contribution in [3.05, 3.63) is 23.5 Å². The zero-order valence-electron chi connectivity index (χ0n) is 10.0. The second-order valence-corrected chi connectivity index (χ2v) is 4.45. The lowest BCUT2D eigenvalue weighted by Gasteiger charge is -2.06. The first-order valence-corrected chi connectivity index (χ1v) is 6.56. The third kappa shape index (κ3) is 5.96. The summed E-state index contributed by atoms with van der Waals surface area (Å²) in [6.07, 6.45) is 9.67. The second kappa shape index (κ2) is 8.40. The van der Waals surface area contributed by atoms with Gasteiger partial charge in [-0.15, -0.1) is 0 Å². The van der Waals surface area contributed by atoms with Crippen molar-refractivity contribution in [1.82, 2.24) is 4.98 Å². The fourth-order valence-corrected chi connectivity index (χ4v) is 1.82. The average molecular weight is 241 g/mol. The van der Waals surface area contributed by atoms with Crippen LogP contribution in [-0.2, 0) is 0 Å². The van der Waals surface area contributed by atoms with Crippen LogP contribution in [0.5, 0.6) is 0 Å². The summed E-state index contributed by atoms with van der Waals surface area (Å²) in [5, 5.41) is 3.90. The summed E-state index contributed by atoms with van der Waals surface area (Å²) in [5.41, 5.74) is 1.06. The molecule has 1 N–H and O–H groups in total. The van der Waals surface area contributed by atoms with Gasteiger partial charge in [-0.1, -0.05) is 50.6 Å². The predicted molar refractivity (Wildman–Crippen MR) is 71.1 cm³/mol. The molecule has 3 heteroatoms. The first-order valence-electron chi connectivity index (χ1n) is 6.18. The number of hydrogen-bond acceptors (Lipinski definition) is 2. The Morgan fingerprint density at radius 3 is 2.69 bits per heavy atom. The minimum absolute atomic E-state index is 0.549. The Bertz CT molecular complexity index is 289. The standard InChI is InChI=1S/C13H21ClN2/c1-2-3-4-5-6-7-9-15-12-8-10-16-13(14)11-12/h8,10-11H,2-7,9H2,1H3,(H,15,16). The zero-order valence-corrected chi connectivity index (χ0v) is 10.8. The summed E-state index contributed by atoms with van der Waals surface area (Å²) in [4.78, 5) is 3.94. The highest BCUT2D eigenvalue weighted by Crippen LogP contribution is 2.12. The van der Waals surface area contributed by atoms with Crippen LogP contribution < -0.4 is 5.32 Å². The smallest absolute Gasteiger partial charge is 0.131 e. The third-order valence-electron chi connectivity index (χ3n) is 2.59. The van der Waals surface area contributed by atoms with E-state index in [0.29, 0.717) is 5.15 Å². The van der Waals surface area contributed by atoms with Crippen LogP contribution in [0.1, 0.15) is 45.4 Å². The first kappa shape index (κ1) is 13.3. The van der Waals surface area contributed by atoms with Crippen LogP contribution in [0.2, 0.25) is 5.15 Å². The van der Waals surface area contributed by atoms with Gasteiger partial charge >= 0.3 is 0 Å². The van der Waals surface area contributed by atoms with Gasteiger partial charge in [0.1, 0.15) is 5.15 Å². The Labute approximate surface area is 103 Å². The highest BCUT2D eigenvalue weighted by molar-refractivity contribution is 6.29. The lowest BCUT2D eigenvalue weighted by atomic mass is 10.1. The van der Waals surface area contributed by atoms with Crippen molar-refractivity contribution >= 4 is 17.3 Å². The van der Waals surface area contributed by atoms with E-state index in [1.807, 2.05) is 12.1 Å². The highest BCUT2D eigenvalue weighted by Gasteiger charge is 1.94.